The average molecular weight is 307 g/mol. The number of aromatic nitrogens is 3. The van der Waals surface area contributed by atoms with E-state index >= 15 is 0 Å². The number of hydrogen-bond acceptors (Lipinski definition) is 4. The van der Waals surface area contributed by atoms with Crippen molar-refractivity contribution in [2.24, 2.45) is 0 Å². The molecule has 6 heteroatoms. The van der Waals surface area contributed by atoms with Crippen LogP contribution in [0.25, 0.3) is 5.69 Å². The van der Waals surface area contributed by atoms with Crippen LogP contribution in [-0.2, 0) is 0 Å². The Balaban J connectivity index is 1.86. The third-order valence-corrected chi connectivity index (χ3v) is 3.69. The van der Waals surface area contributed by atoms with Crippen molar-refractivity contribution in [3.05, 3.63) is 65.4 Å². The number of nitrogens with one attached hydrogen (secondary N) is 1. The summed E-state index contributed by atoms with van der Waals surface area (Å²) < 4.78 is 1.44. The van der Waals surface area contributed by atoms with Gasteiger partial charge in [0.2, 0.25) is 0 Å². The Kier molecular flexibility index (Phi) is 3.80. The fourth-order valence-corrected chi connectivity index (χ4v) is 2.22. The highest BCUT2D eigenvalue weighted by Gasteiger charge is 2.18. The van der Waals surface area contributed by atoms with Crippen molar-refractivity contribution in [3.8, 4) is 5.69 Å². The van der Waals surface area contributed by atoms with E-state index < -0.39 is 0 Å². The molecule has 3 aromatic rings. The van der Waals surface area contributed by atoms with E-state index in [1.54, 1.807) is 0 Å². The second kappa shape index (κ2) is 5.92. The molecule has 116 valence electrons. The summed E-state index contributed by atoms with van der Waals surface area (Å²) in [5.41, 5.74) is 9.84. The minimum atomic E-state index is -0.382. The standard InChI is InChI=1S/C17H17N5O/c1-11-8-9-13(10-12(11)2)19-17(23)15-16(18)22(21-20-15)14-6-4-3-5-7-14/h3-10H,18H2,1-2H3,(H,19,23). The van der Waals surface area contributed by atoms with Crippen molar-refractivity contribution >= 4 is 17.4 Å². The number of nitrogens with two attached hydrogens (primary N) is 1. The molecular weight excluding hydrogens is 290 g/mol. The third-order valence-electron chi connectivity index (χ3n) is 3.69. The number of benzene rings is 2. The predicted molar refractivity (Wildman–Crippen MR) is 89.6 cm³/mol. The number of hydrogen-bond donors (Lipinski definition) is 2. The van der Waals surface area contributed by atoms with Crippen LogP contribution in [0.5, 0.6) is 0 Å². The van der Waals surface area contributed by atoms with Crippen molar-refractivity contribution in [2.75, 3.05) is 11.1 Å². The maximum absolute atomic E-state index is 12.4. The molecule has 2 aromatic carbocycles. The van der Waals surface area contributed by atoms with Crippen molar-refractivity contribution in [2.45, 2.75) is 13.8 Å². The molecule has 0 saturated carbocycles. The van der Waals surface area contributed by atoms with Gasteiger partial charge in [0.05, 0.1) is 5.69 Å². The minimum absolute atomic E-state index is 0.104. The summed E-state index contributed by atoms with van der Waals surface area (Å²) in [5, 5.41) is 10.7. The van der Waals surface area contributed by atoms with Gasteiger partial charge in [-0.1, -0.05) is 29.5 Å². The minimum Gasteiger partial charge on any atom is -0.382 e. The summed E-state index contributed by atoms with van der Waals surface area (Å²) in [6.45, 7) is 4.01. The fourth-order valence-electron chi connectivity index (χ4n) is 2.22. The molecule has 23 heavy (non-hydrogen) atoms. The quantitative estimate of drug-likeness (QED) is 0.779. The molecule has 0 aliphatic carbocycles. The second-order valence-corrected chi connectivity index (χ2v) is 5.32. The first-order valence-electron chi connectivity index (χ1n) is 7.21. The van der Waals surface area contributed by atoms with E-state index in [4.69, 9.17) is 5.73 Å². The molecule has 6 nitrogen and oxygen atoms in total. The van der Waals surface area contributed by atoms with Crippen molar-refractivity contribution in [3.63, 3.8) is 0 Å². The van der Waals surface area contributed by atoms with Crippen molar-refractivity contribution < 1.29 is 4.79 Å². The molecule has 3 N–H and O–H groups in total. The molecule has 0 fully saturated rings. The summed E-state index contributed by atoms with van der Waals surface area (Å²) in [6, 6.07) is 15.0. The Bertz CT molecular complexity index is 855. The average Bonchev–Trinajstić information content (AvgIpc) is 2.93. The van der Waals surface area contributed by atoms with Gasteiger partial charge in [0.1, 0.15) is 0 Å². The van der Waals surface area contributed by atoms with Gasteiger partial charge in [-0.05, 0) is 49.2 Å². The number of nitrogen functional groups attached to an aromatic ring is 1. The van der Waals surface area contributed by atoms with E-state index in [2.05, 4.69) is 15.6 Å². The number of aryl methyl sites for hydroxylation is 2. The van der Waals surface area contributed by atoms with Gasteiger partial charge in [0, 0.05) is 5.69 Å². The molecule has 3 rings (SSSR count). The number of para-hydroxylation sites is 1. The van der Waals surface area contributed by atoms with Gasteiger partial charge in [0.15, 0.2) is 11.5 Å². The maximum atomic E-state index is 12.4. The first kappa shape index (κ1) is 14.8. The first-order chi connectivity index (χ1) is 11.1. The lowest BCUT2D eigenvalue weighted by Crippen LogP contribution is -2.15. The highest BCUT2D eigenvalue weighted by atomic mass is 16.2. The van der Waals surface area contributed by atoms with E-state index in [9.17, 15) is 4.79 Å². The van der Waals surface area contributed by atoms with Gasteiger partial charge >= 0.3 is 0 Å². The van der Waals surface area contributed by atoms with Gasteiger partial charge in [-0.15, -0.1) is 5.10 Å². The molecule has 0 unspecified atom stereocenters. The van der Waals surface area contributed by atoms with Crippen LogP contribution in [0.15, 0.2) is 48.5 Å². The third kappa shape index (κ3) is 2.91. The second-order valence-electron chi connectivity index (χ2n) is 5.32. The van der Waals surface area contributed by atoms with Crippen LogP contribution in [0.4, 0.5) is 11.5 Å². The Labute approximate surface area is 133 Å². The van der Waals surface area contributed by atoms with Crippen LogP contribution < -0.4 is 11.1 Å². The van der Waals surface area contributed by atoms with E-state index in [0.717, 1.165) is 16.8 Å². The summed E-state index contributed by atoms with van der Waals surface area (Å²) >= 11 is 0. The van der Waals surface area contributed by atoms with E-state index in [1.165, 1.54) is 4.68 Å². The summed E-state index contributed by atoms with van der Waals surface area (Å²) in [6.07, 6.45) is 0. The number of anilines is 2. The maximum Gasteiger partial charge on any atom is 0.280 e. The Morgan fingerprint density at radius 3 is 2.52 bits per heavy atom. The van der Waals surface area contributed by atoms with Crippen LogP contribution in [0.3, 0.4) is 0 Å². The lowest BCUT2D eigenvalue weighted by molar-refractivity contribution is 0.102. The van der Waals surface area contributed by atoms with Gasteiger partial charge in [-0.2, -0.15) is 4.68 Å². The van der Waals surface area contributed by atoms with Gasteiger partial charge in [0.25, 0.3) is 5.91 Å². The Morgan fingerprint density at radius 1 is 1.09 bits per heavy atom. The van der Waals surface area contributed by atoms with Crippen LogP contribution in [0.2, 0.25) is 0 Å². The van der Waals surface area contributed by atoms with Crippen LogP contribution in [0.1, 0.15) is 21.6 Å². The lowest BCUT2D eigenvalue weighted by Gasteiger charge is -2.07. The molecule has 1 amide bonds. The molecule has 0 aliphatic heterocycles. The molecule has 0 spiro atoms. The zero-order valence-corrected chi connectivity index (χ0v) is 12.9. The number of carbonyl (C=O) groups excluding carboxylic acids is 1. The molecule has 0 saturated heterocycles. The van der Waals surface area contributed by atoms with Crippen LogP contribution in [0, 0.1) is 13.8 Å². The van der Waals surface area contributed by atoms with Gasteiger partial charge in [-0.25, -0.2) is 0 Å². The largest absolute Gasteiger partial charge is 0.382 e. The normalized spacial score (nSPS) is 10.5. The smallest absolute Gasteiger partial charge is 0.280 e. The summed E-state index contributed by atoms with van der Waals surface area (Å²) in [7, 11) is 0. The van der Waals surface area contributed by atoms with Crippen LogP contribution >= 0.6 is 0 Å². The van der Waals surface area contributed by atoms with Crippen molar-refractivity contribution in [1.29, 1.82) is 0 Å². The van der Waals surface area contributed by atoms with Crippen molar-refractivity contribution in [1.82, 2.24) is 15.0 Å². The predicted octanol–water partition coefficient (Wildman–Crippen LogP) is 2.72. The zero-order chi connectivity index (χ0) is 16.4. The highest BCUT2D eigenvalue weighted by Crippen LogP contribution is 2.18. The number of carbonyl (C=O) groups is 1. The number of amides is 1. The Morgan fingerprint density at radius 2 is 1.83 bits per heavy atom. The summed E-state index contributed by atoms with van der Waals surface area (Å²) in [5.74, 6) is -0.175. The number of nitrogens with zero attached hydrogens (tertiary/aromatic N) is 3. The highest BCUT2D eigenvalue weighted by molar-refractivity contribution is 6.05. The molecule has 0 atom stereocenters. The molecule has 0 radical (unpaired) electrons. The molecule has 0 aliphatic rings. The molecule has 0 bridgehead atoms. The summed E-state index contributed by atoms with van der Waals surface area (Å²) in [4.78, 5) is 12.4. The Hall–Kier alpha value is -3.15. The zero-order valence-electron chi connectivity index (χ0n) is 12.9. The van der Waals surface area contributed by atoms with E-state index in [-0.39, 0.29) is 17.4 Å². The molecule has 1 aromatic heterocycles. The van der Waals surface area contributed by atoms with Crippen LogP contribution in [-0.4, -0.2) is 20.9 Å². The van der Waals surface area contributed by atoms with Gasteiger partial charge < -0.3 is 11.1 Å². The van der Waals surface area contributed by atoms with E-state index in [0.29, 0.717) is 5.69 Å². The molecular formula is C17H17N5O. The number of rotatable bonds is 3. The first-order valence-corrected chi connectivity index (χ1v) is 7.21. The molecule has 1 heterocycles. The lowest BCUT2D eigenvalue weighted by atomic mass is 10.1. The fraction of sp³-hybridized carbons (Fsp3) is 0.118. The topological polar surface area (TPSA) is 85.8 Å². The van der Waals surface area contributed by atoms with E-state index in [1.807, 2.05) is 62.4 Å². The SMILES string of the molecule is Cc1ccc(NC(=O)c2nnn(-c3ccccc3)c2N)cc1C. The van der Waals surface area contributed by atoms with Gasteiger partial charge in [-0.3, -0.25) is 4.79 Å². The monoisotopic (exact) mass is 307 g/mol.